The van der Waals surface area contributed by atoms with Crippen LogP contribution in [-0.2, 0) is 7.05 Å². The van der Waals surface area contributed by atoms with E-state index in [0.717, 1.165) is 40.1 Å². The van der Waals surface area contributed by atoms with Crippen molar-refractivity contribution in [1.29, 1.82) is 0 Å². The van der Waals surface area contributed by atoms with Gasteiger partial charge in [-0.2, -0.15) is 5.10 Å². The van der Waals surface area contributed by atoms with Gasteiger partial charge in [0.05, 0.1) is 23.0 Å². The topological polar surface area (TPSA) is 65.1 Å². The predicted octanol–water partition coefficient (Wildman–Crippen LogP) is 3.34. The maximum Gasteiger partial charge on any atom is 0.128 e. The summed E-state index contributed by atoms with van der Waals surface area (Å²) < 4.78 is 8.83. The van der Waals surface area contributed by atoms with Gasteiger partial charge in [-0.05, 0) is 59.9 Å². The molecule has 5 nitrogen and oxygen atoms in total. The van der Waals surface area contributed by atoms with Gasteiger partial charge in [-0.25, -0.2) is 0 Å². The van der Waals surface area contributed by atoms with Crippen LogP contribution >= 0.6 is 15.9 Å². The molecule has 1 saturated heterocycles. The number of hydrogen-bond acceptors (Lipinski definition) is 4. The first-order valence-electron chi connectivity index (χ1n) is 8.08. The quantitative estimate of drug-likeness (QED) is 0.783. The third-order valence-corrected chi connectivity index (χ3v) is 4.87. The van der Waals surface area contributed by atoms with E-state index in [-0.39, 0.29) is 0 Å². The number of nitrogens with two attached hydrogens (primary N) is 1. The second kappa shape index (κ2) is 7.36. The smallest absolute Gasteiger partial charge is 0.128 e. The number of nitrogen functional groups attached to an aromatic ring is 1. The second-order valence-electron chi connectivity index (χ2n) is 6.00. The van der Waals surface area contributed by atoms with E-state index in [2.05, 4.69) is 26.3 Å². The van der Waals surface area contributed by atoms with E-state index < -0.39 is 0 Å². The van der Waals surface area contributed by atoms with Gasteiger partial charge in [0.1, 0.15) is 5.75 Å². The number of benzene rings is 1. The number of piperidine rings is 1. The summed E-state index contributed by atoms with van der Waals surface area (Å²) in [4.78, 5) is 0. The van der Waals surface area contributed by atoms with Gasteiger partial charge in [0.25, 0.3) is 0 Å². The van der Waals surface area contributed by atoms with Crippen LogP contribution in [0.25, 0.3) is 11.3 Å². The highest BCUT2D eigenvalue weighted by Gasteiger charge is 2.16. The predicted molar refractivity (Wildman–Crippen MR) is 96.5 cm³/mol. The number of aromatic nitrogens is 2. The fourth-order valence-corrected chi connectivity index (χ4v) is 3.62. The Hall–Kier alpha value is -1.53. The number of rotatable bonds is 5. The lowest BCUT2D eigenvalue weighted by atomic mass is 10.0. The summed E-state index contributed by atoms with van der Waals surface area (Å²) in [6.45, 7) is 1.82. The van der Waals surface area contributed by atoms with E-state index >= 15 is 0 Å². The number of aryl methyl sites for hydroxylation is 1. The molecule has 124 valence electrons. The van der Waals surface area contributed by atoms with Gasteiger partial charge in [0.15, 0.2) is 0 Å². The second-order valence-corrected chi connectivity index (χ2v) is 6.86. The molecule has 1 fully saturated rings. The van der Waals surface area contributed by atoms with Crippen LogP contribution in [0.4, 0.5) is 5.69 Å². The van der Waals surface area contributed by atoms with Crippen LogP contribution < -0.4 is 15.8 Å². The lowest BCUT2D eigenvalue weighted by Crippen LogP contribution is -2.35. The zero-order valence-corrected chi connectivity index (χ0v) is 15.0. The monoisotopic (exact) mass is 378 g/mol. The third-order valence-electron chi connectivity index (χ3n) is 4.29. The number of nitrogens with zero attached hydrogens (tertiary/aromatic N) is 2. The number of ether oxygens (including phenoxy) is 1. The average Bonchev–Trinajstić information content (AvgIpc) is 2.89. The van der Waals surface area contributed by atoms with E-state index in [1.54, 1.807) is 6.20 Å². The number of anilines is 1. The first-order chi connectivity index (χ1) is 11.1. The maximum absolute atomic E-state index is 6.07. The van der Waals surface area contributed by atoms with E-state index in [4.69, 9.17) is 10.5 Å². The normalized spacial score (nSPS) is 18.1. The number of halogens is 1. The Bertz CT molecular complexity index is 645. The summed E-state index contributed by atoms with van der Waals surface area (Å²) in [5.41, 5.74) is 8.63. The summed E-state index contributed by atoms with van der Waals surface area (Å²) in [7, 11) is 1.92. The van der Waals surface area contributed by atoms with E-state index in [9.17, 15) is 0 Å². The Kier molecular flexibility index (Phi) is 5.23. The molecule has 6 heteroatoms. The van der Waals surface area contributed by atoms with Crippen LogP contribution in [-0.4, -0.2) is 29.0 Å². The van der Waals surface area contributed by atoms with Crippen molar-refractivity contribution < 1.29 is 4.74 Å². The maximum atomic E-state index is 6.07. The van der Waals surface area contributed by atoms with Crippen molar-refractivity contribution in [3.05, 3.63) is 28.9 Å². The molecule has 0 bridgehead atoms. The molecule has 0 amide bonds. The molecule has 1 aromatic carbocycles. The van der Waals surface area contributed by atoms with Crippen molar-refractivity contribution in [2.24, 2.45) is 7.05 Å². The largest absolute Gasteiger partial charge is 0.493 e. The molecule has 0 radical (unpaired) electrons. The molecule has 3 N–H and O–H groups in total. The Morgan fingerprint density at radius 3 is 3.00 bits per heavy atom. The van der Waals surface area contributed by atoms with Crippen LogP contribution in [0.5, 0.6) is 5.75 Å². The van der Waals surface area contributed by atoms with Gasteiger partial charge in [-0.3, -0.25) is 4.68 Å². The van der Waals surface area contributed by atoms with E-state index in [1.807, 2.05) is 29.9 Å². The lowest BCUT2D eigenvalue weighted by Gasteiger charge is -2.23. The Morgan fingerprint density at radius 2 is 2.30 bits per heavy atom. The molecule has 1 aliphatic rings. The van der Waals surface area contributed by atoms with Crippen molar-refractivity contribution in [3.63, 3.8) is 0 Å². The van der Waals surface area contributed by atoms with E-state index in [0.29, 0.717) is 12.6 Å². The van der Waals surface area contributed by atoms with Crippen LogP contribution in [0, 0.1) is 0 Å². The van der Waals surface area contributed by atoms with Crippen molar-refractivity contribution in [2.45, 2.75) is 31.7 Å². The van der Waals surface area contributed by atoms with Crippen molar-refractivity contribution in [2.75, 3.05) is 18.9 Å². The molecule has 0 spiro atoms. The molecule has 0 aliphatic carbocycles. The lowest BCUT2D eigenvalue weighted by molar-refractivity contribution is 0.269. The molecule has 0 saturated carbocycles. The molecule has 2 heterocycles. The Morgan fingerprint density at radius 1 is 1.43 bits per heavy atom. The minimum atomic E-state index is 0.574. The summed E-state index contributed by atoms with van der Waals surface area (Å²) in [6, 6.07) is 6.33. The molecular formula is C17H23BrN4O. The van der Waals surface area contributed by atoms with Crippen LogP contribution in [0.2, 0.25) is 0 Å². The molecule has 1 aromatic heterocycles. The average molecular weight is 379 g/mol. The summed E-state index contributed by atoms with van der Waals surface area (Å²) in [6.07, 6.45) is 6.65. The summed E-state index contributed by atoms with van der Waals surface area (Å²) in [5.74, 6) is 0.847. The Labute approximate surface area is 145 Å². The molecule has 3 rings (SSSR count). The fraction of sp³-hybridized carbons (Fsp3) is 0.471. The first kappa shape index (κ1) is 16.3. The van der Waals surface area contributed by atoms with Gasteiger partial charge >= 0.3 is 0 Å². The summed E-state index contributed by atoms with van der Waals surface area (Å²) >= 11 is 3.55. The number of nitrogens with one attached hydrogen (secondary N) is 1. The van der Waals surface area contributed by atoms with E-state index in [1.165, 1.54) is 19.3 Å². The van der Waals surface area contributed by atoms with Crippen LogP contribution in [0.1, 0.15) is 25.7 Å². The highest BCUT2D eigenvalue weighted by molar-refractivity contribution is 9.10. The van der Waals surface area contributed by atoms with Crippen molar-refractivity contribution in [3.8, 4) is 17.0 Å². The number of hydrogen-bond donors (Lipinski definition) is 2. The van der Waals surface area contributed by atoms with Crippen molar-refractivity contribution in [1.82, 2.24) is 15.1 Å². The highest BCUT2D eigenvalue weighted by Crippen LogP contribution is 2.36. The minimum absolute atomic E-state index is 0.574. The molecule has 2 aromatic rings. The van der Waals surface area contributed by atoms with Gasteiger partial charge in [0, 0.05) is 24.3 Å². The molecule has 1 aliphatic heterocycles. The van der Waals surface area contributed by atoms with Gasteiger partial charge in [-0.1, -0.05) is 6.42 Å². The molecular weight excluding hydrogens is 356 g/mol. The minimum Gasteiger partial charge on any atom is -0.493 e. The van der Waals surface area contributed by atoms with Gasteiger partial charge in [0.2, 0.25) is 0 Å². The molecule has 1 atom stereocenters. The molecule has 1 unspecified atom stereocenters. The third kappa shape index (κ3) is 3.87. The summed E-state index contributed by atoms with van der Waals surface area (Å²) in [5, 5.41) is 7.83. The standard InChI is InChI=1S/C17H23BrN4O/c1-22-17(15(18)11-21-22)14-10-12(19)5-6-16(14)23-9-7-13-4-2-3-8-20-13/h5-6,10-11,13,20H,2-4,7-9,19H2,1H3. The van der Waals surface area contributed by atoms with Crippen LogP contribution in [0.3, 0.4) is 0 Å². The van der Waals surface area contributed by atoms with Crippen LogP contribution in [0.15, 0.2) is 28.9 Å². The van der Waals surface area contributed by atoms with Gasteiger partial charge < -0.3 is 15.8 Å². The zero-order chi connectivity index (χ0) is 16.2. The highest BCUT2D eigenvalue weighted by atomic mass is 79.9. The SMILES string of the molecule is Cn1ncc(Br)c1-c1cc(N)ccc1OCCC1CCCCN1. The van der Waals surface area contributed by atoms with Gasteiger partial charge in [-0.15, -0.1) is 0 Å². The zero-order valence-electron chi connectivity index (χ0n) is 13.4. The first-order valence-corrected chi connectivity index (χ1v) is 8.88. The Balaban J connectivity index is 1.74. The fourth-order valence-electron chi connectivity index (χ4n) is 3.05. The van der Waals surface area contributed by atoms with Crippen molar-refractivity contribution >= 4 is 21.6 Å². The molecule has 23 heavy (non-hydrogen) atoms.